The van der Waals surface area contributed by atoms with Crippen LogP contribution in [0.2, 0.25) is 5.02 Å². The van der Waals surface area contributed by atoms with Gasteiger partial charge in [0, 0.05) is 48.9 Å². The number of hydrogen-bond acceptors (Lipinski definition) is 5. The van der Waals surface area contributed by atoms with Crippen LogP contribution in [0.15, 0.2) is 77.6 Å². The molecule has 3 atom stereocenters. The summed E-state index contributed by atoms with van der Waals surface area (Å²) in [4.78, 5) is 56.6. The minimum Gasteiger partial charge on any atom is -0.312 e. The number of pyridine rings is 1. The molecule has 194 valence electrons. The van der Waals surface area contributed by atoms with Gasteiger partial charge in [-0.2, -0.15) is 0 Å². The zero-order chi connectivity index (χ0) is 26.4. The van der Waals surface area contributed by atoms with Crippen LogP contribution < -0.4 is 15.8 Å². The highest BCUT2D eigenvalue weighted by Crippen LogP contribution is 2.39. The second kappa shape index (κ2) is 9.53. The summed E-state index contributed by atoms with van der Waals surface area (Å²) < 4.78 is 1.86. The van der Waals surface area contributed by atoms with Crippen molar-refractivity contribution >= 4 is 35.1 Å². The number of nitrogens with one attached hydrogen (secondary N) is 1. The Morgan fingerprint density at radius 2 is 1.63 bits per heavy atom. The van der Waals surface area contributed by atoms with E-state index >= 15 is 0 Å². The molecular weight excluding hydrogens is 504 g/mol. The van der Waals surface area contributed by atoms with E-state index in [1.165, 1.54) is 0 Å². The zero-order valence-electron chi connectivity index (χ0n) is 20.7. The van der Waals surface area contributed by atoms with E-state index in [-0.39, 0.29) is 30.4 Å². The fourth-order valence-corrected chi connectivity index (χ4v) is 6.42. The number of urea groups is 1. The minimum absolute atomic E-state index is 0.00344. The molecule has 2 saturated heterocycles. The highest BCUT2D eigenvalue weighted by molar-refractivity contribution is 6.31. The summed E-state index contributed by atoms with van der Waals surface area (Å²) in [5.74, 6) is -0.790. The number of amides is 4. The lowest BCUT2D eigenvalue weighted by Gasteiger charge is -2.47. The lowest BCUT2D eigenvalue weighted by molar-refractivity contribution is -0.144. The third kappa shape index (κ3) is 4.23. The Bertz CT molecular complexity index is 1470. The van der Waals surface area contributed by atoms with Crippen molar-refractivity contribution < 1.29 is 14.4 Å². The standard InChI is InChI=1S/C29H27ClN4O4/c30-22-11-9-19(10-12-22)14-29(26(36)31-28(38)34(27(29)37)23-5-2-1-3-6-23)18-32-15-20-13-21(17-32)24-7-4-8-25(35)33(24)16-20/h1-12,20-21H,13-18H2,(H,31,36,38)/t20-,21+,29?/m1/s1. The molecule has 3 aliphatic rings. The number of aromatic nitrogens is 1. The molecule has 4 heterocycles. The monoisotopic (exact) mass is 530 g/mol. The second-order valence-corrected chi connectivity index (χ2v) is 10.9. The molecule has 0 saturated carbocycles. The predicted octanol–water partition coefficient (Wildman–Crippen LogP) is 3.43. The van der Waals surface area contributed by atoms with E-state index in [9.17, 15) is 19.2 Å². The van der Waals surface area contributed by atoms with Gasteiger partial charge in [-0.05, 0) is 54.7 Å². The van der Waals surface area contributed by atoms with Gasteiger partial charge in [-0.3, -0.25) is 19.7 Å². The van der Waals surface area contributed by atoms with Crippen molar-refractivity contribution in [3.63, 3.8) is 0 Å². The Morgan fingerprint density at radius 3 is 2.39 bits per heavy atom. The minimum atomic E-state index is -1.53. The highest BCUT2D eigenvalue weighted by atomic mass is 35.5. The second-order valence-electron chi connectivity index (χ2n) is 10.5. The molecule has 1 unspecified atom stereocenters. The number of halogens is 1. The molecule has 1 N–H and O–H groups in total. The van der Waals surface area contributed by atoms with Crippen LogP contribution in [0.1, 0.15) is 23.6 Å². The van der Waals surface area contributed by atoms with Crippen molar-refractivity contribution in [3.05, 3.63) is 99.4 Å². The predicted molar refractivity (Wildman–Crippen MR) is 143 cm³/mol. The molecule has 38 heavy (non-hydrogen) atoms. The molecule has 6 rings (SSSR count). The summed E-state index contributed by atoms with van der Waals surface area (Å²) >= 11 is 6.10. The van der Waals surface area contributed by atoms with Crippen LogP contribution in [-0.4, -0.2) is 46.9 Å². The first-order chi connectivity index (χ1) is 18.3. The van der Waals surface area contributed by atoms with Gasteiger partial charge < -0.3 is 9.47 Å². The molecular formula is C29H27ClN4O4. The van der Waals surface area contributed by atoms with Gasteiger partial charge in [0.05, 0.1) is 5.69 Å². The maximum absolute atomic E-state index is 14.2. The number of carbonyl (C=O) groups is 3. The van der Waals surface area contributed by atoms with Gasteiger partial charge in [0.15, 0.2) is 0 Å². The van der Waals surface area contributed by atoms with Crippen LogP contribution in [0, 0.1) is 11.3 Å². The fourth-order valence-electron chi connectivity index (χ4n) is 6.30. The SMILES string of the molecule is O=C1NC(=O)C(Cc2ccc(Cl)cc2)(CN2C[C@H]3C[C@@H](C2)c2cccc(=O)n2C3)C(=O)N1c1ccccc1. The third-order valence-corrected chi connectivity index (χ3v) is 8.21. The number of nitrogens with zero attached hydrogens (tertiary/aromatic N) is 3. The highest BCUT2D eigenvalue weighted by Gasteiger charge is 2.55. The number of fused-ring (bicyclic) bond motifs is 4. The molecule has 3 aromatic rings. The van der Waals surface area contributed by atoms with E-state index in [0.29, 0.717) is 30.3 Å². The van der Waals surface area contributed by atoms with Gasteiger partial charge in [0.25, 0.3) is 11.5 Å². The fraction of sp³-hybridized carbons (Fsp3) is 0.310. The van der Waals surface area contributed by atoms with E-state index in [1.54, 1.807) is 54.6 Å². The molecule has 9 heteroatoms. The van der Waals surface area contributed by atoms with Crippen molar-refractivity contribution in [2.24, 2.45) is 11.3 Å². The van der Waals surface area contributed by atoms with Gasteiger partial charge in [0.1, 0.15) is 5.41 Å². The number of para-hydroxylation sites is 1. The molecule has 2 bridgehead atoms. The number of benzene rings is 2. The first-order valence-corrected chi connectivity index (χ1v) is 13.1. The Hall–Kier alpha value is -3.75. The molecule has 3 aliphatic heterocycles. The summed E-state index contributed by atoms with van der Waals surface area (Å²) in [7, 11) is 0. The quantitative estimate of drug-likeness (QED) is 0.510. The molecule has 4 amide bonds. The van der Waals surface area contributed by atoms with Gasteiger partial charge in [-0.25, -0.2) is 9.69 Å². The van der Waals surface area contributed by atoms with Gasteiger partial charge in [0.2, 0.25) is 5.91 Å². The number of rotatable bonds is 5. The normalized spacial score (nSPS) is 25.2. The third-order valence-electron chi connectivity index (χ3n) is 7.95. The van der Waals surface area contributed by atoms with E-state index in [2.05, 4.69) is 10.2 Å². The van der Waals surface area contributed by atoms with E-state index in [4.69, 9.17) is 11.6 Å². The lowest BCUT2D eigenvalue weighted by atomic mass is 9.75. The molecule has 0 spiro atoms. The summed E-state index contributed by atoms with van der Waals surface area (Å²) in [6.45, 7) is 2.03. The first-order valence-electron chi connectivity index (χ1n) is 12.8. The summed E-state index contributed by atoms with van der Waals surface area (Å²) in [5.41, 5.74) is 0.648. The smallest absolute Gasteiger partial charge is 0.312 e. The van der Waals surface area contributed by atoms with E-state index in [0.717, 1.165) is 22.6 Å². The molecule has 8 nitrogen and oxygen atoms in total. The van der Waals surface area contributed by atoms with Crippen LogP contribution in [0.4, 0.5) is 10.5 Å². The Balaban J connectivity index is 1.38. The molecule has 1 aromatic heterocycles. The van der Waals surface area contributed by atoms with Crippen molar-refractivity contribution in [3.8, 4) is 0 Å². The summed E-state index contributed by atoms with van der Waals surface area (Å²) in [6.07, 6.45) is 1.08. The van der Waals surface area contributed by atoms with Crippen LogP contribution in [0.25, 0.3) is 0 Å². The molecule has 0 radical (unpaired) electrons. The Kier molecular flexibility index (Phi) is 6.16. The van der Waals surface area contributed by atoms with Crippen molar-refractivity contribution in [2.75, 3.05) is 24.5 Å². The summed E-state index contributed by atoms with van der Waals surface area (Å²) in [5, 5.41) is 3.03. The van der Waals surface area contributed by atoms with E-state index in [1.807, 2.05) is 22.8 Å². The number of hydrogen-bond donors (Lipinski definition) is 1. The number of carbonyl (C=O) groups excluding carboxylic acids is 3. The number of anilines is 1. The Morgan fingerprint density at radius 1 is 0.868 bits per heavy atom. The van der Waals surface area contributed by atoms with Gasteiger partial charge >= 0.3 is 6.03 Å². The summed E-state index contributed by atoms with van der Waals surface area (Å²) in [6, 6.07) is 20.4. The van der Waals surface area contributed by atoms with Crippen LogP contribution >= 0.6 is 11.6 Å². The largest absolute Gasteiger partial charge is 0.335 e. The maximum Gasteiger partial charge on any atom is 0.335 e. The van der Waals surface area contributed by atoms with Crippen molar-refractivity contribution in [1.29, 1.82) is 0 Å². The lowest BCUT2D eigenvalue weighted by Crippen LogP contribution is -2.68. The van der Waals surface area contributed by atoms with Crippen molar-refractivity contribution in [2.45, 2.75) is 25.3 Å². The number of barbiturate groups is 1. The Labute approximate surface area is 224 Å². The number of imide groups is 2. The molecule has 0 aliphatic carbocycles. The average molecular weight is 531 g/mol. The maximum atomic E-state index is 14.2. The van der Waals surface area contributed by atoms with Crippen LogP contribution in [0.3, 0.4) is 0 Å². The first kappa shape index (κ1) is 24.6. The van der Waals surface area contributed by atoms with Crippen LogP contribution in [0.5, 0.6) is 0 Å². The average Bonchev–Trinajstić information content (AvgIpc) is 2.90. The topological polar surface area (TPSA) is 91.7 Å². The zero-order valence-corrected chi connectivity index (χ0v) is 21.4. The van der Waals surface area contributed by atoms with E-state index < -0.39 is 23.3 Å². The van der Waals surface area contributed by atoms with Crippen LogP contribution in [-0.2, 0) is 22.6 Å². The van der Waals surface area contributed by atoms with Gasteiger partial charge in [-0.1, -0.05) is 48.0 Å². The number of piperidine rings is 1. The molecule has 2 fully saturated rings. The van der Waals surface area contributed by atoms with Crippen molar-refractivity contribution in [1.82, 2.24) is 14.8 Å². The molecule has 2 aromatic carbocycles. The number of likely N-dealkylation sites (tertiary alicyclic amines) is 1. The van der Waals surface area contributed by atoms with Gasteiger partial charge in [-0.15, -0.1) is 0 Å².